The molecule has 0 aliphatic carbocycles. The van der Waals surface area contributed by atoms with Gasteiger partial charge in [0, 0.05) is 17.7 Å². The Labute approximate surface area is 136 Å². The lowest BCUT2D eigenvalue weighted by atomic mass is 10.2. The molecular weight excluding hydrogens is 316 g/mol. The van der Waals surface area contributed by atoms with Gasteiger partial charge in [-0.25, -0.2) is 14.5 Å². The molecule has 0 N–H and O–H groups in total. The highest BCUT2D eigenvalue weighted by molar-refractivity contribution is 6.30. The van der Waals surface area contributed by atoms with Crippen molar-refractivity contribution in [2.45, 2.75) is 6.35 Å². The zero-order chi connectivity index (χ0) is 16.7. The summed E-state index contributed by atoms with van der Waals surface area (Å²) in [5.41, 5.74) is 1.46. The number of fused-ring (bicyclic) bond motifs is 1. The highest BCUT2D eigenvalue weighted by Gasteiger charge is 2.41. The molecule has 24 heavy (non-hydrogen) atoms. The minimum Gasteiger partial charge on any atom is -0.416 e. The number of likely N-dealkylation sites (N-methyl/N-ethyl adjacent to an activating group) is 1. The highest BCUT2D eigenvalue weighted by Crippen LogP contribution is 2.27. The van der Waals surface area contributed by atoms with Crippen LogP contribution in [0.3, 0.4) is 0 Å². The molecule has 1 unspecified atom stereocenters. The number of hydrogen-bond acceptors (Lipinski definition) is 9. The van der Waals surface area contributed by atoms with Crippen LogP contribution < -0.4 is 0 Å². The van der Waals surface area contributed by atoms with Gasteiger partial charge in [0.05, 0.1) is 6.20 Å². The Hall–Kier alpha value is -3.20. The van der Waals surface area contributed by atoms with Gasteiger partial charge in [0.2, 0.25) is 5.82 Å². The lowest BCUT2D eigenvalue weighted by Crippen LogP contribution is -2.56. The number of carbonyl (C=O) groups is 2. The van der Waals surface area contributed by atoms with Crippen molar-refractivity contribution in [3.8, 4) is 11.5 Å². The van der Waals surface area contributed by atoms with Gasteiger partial charge in [-0.3, -0.25) is 0 Å². The van der Waals surface area contributed by atoms with Crippen LogP contribution in [0.15, 0.2) is 41.1 Å². The van der Waals surface area contributed by atoms with E-state index in [1.165, 1.54) is 6.20 Å². The summed E-state index contributed by atoms with van der Waals surface area (Å²) < 4.78 is 10.3. The van der Waals surface area contributed by atoms with Crippen molar-refractivity contribution < 1.29 is 23.7 Å². The minimum atomic E-state index is -1.07. The average molecular weight is 328 g/mol. The zero-order valence-corrected chi connectivity index (χ0v) is 12.6. The van der Waals surface area contributed by atoms with E-state index in [2.05, 4.69) is 10.1 Å². The zero-order valence-electron chi connectivity index (χ0n) is 12.6. The first-order valence-corrected chi connectivity index (χ1v) is 7.13. The number of ether oxygens (including phenoxy) is 1. The molecule has 9 nitrogen and oxygen atoms in total. The second-order valence-electron chi connectivity index (χ2n) is 5.33. The maximum absolute atomic E-state index is 11.4. The Morgan fingerprint density at radius 1 is 1.17 bits per heavy atom. The summed E-state index contributed by atoms with van der Waals surface area (Å²) in [6.45, 7) is 0.389. The van der Waals surface area contributed by atoms with E-state index < -0.39 is 18.3 Å². The number of aromatic nitrogens is 2. The van der Waals surface area contributed by atoms with Crippen LogP contribution in [-0.4, -0.2) is 52.0 Å². The predicted octanol–water partition coefficient (Wildman–Crippen LogP) is 0.623. The summed E-state index contributed by atoms with van der Waals surface area (Å²) in [7, 11) is 1.72. The molecule has 3 heterocycles. The molecule has 0 radical (unpaired) electrons. The maximum Gasteiger partial charge on any atom is 0.441 e. The molecule has 9 heteroatoms. The third kappa shape index (κ3) is 2.40. The summed E-state index contributed by atoms with van der Waals surface area (Å²) in [5, 5.41) is 5.12. The van der Waals surface area contributed by atoms with E-state index in [0.29, 0.717) is 23.8 Å². The van der Waals surface area contributed by atoms with Crippen molar-refractivity contribution in [2.75, 3.05) is 13.6 Å². The molecule has 0 bridgehead atoms. The molecule has 2 aromatic rings. The molecule has 0 saturated carbocycles. The van der Waals surface area contributed by atoms with Crippen molar-refractivity contribution in [2.24, 2.45) is 0 Å². The van der Waals surface area contributed by atoms with E-state index in [0.717, 1.165) is 10.6 Å². The smallest absolute Gasteiger partial charge is 0.416 e. The molecule has 1 fully saturated rings. The summed E-state index contributed by atoms with van der Waals surface area (Å²) >= 11 is 0. The van der Waals surface area contributed by atoms with Crippen LogP contribution in [0.25, 0.3) is 17.0 Å². The van der Waals surface area contributed by atoms with Crippen LogP contribution in [0.1, 0.15) is 5.82 Å². The molecule has 1 atom stereocenters. The quantitative estimate of drug-likeness (QED) is 0.580. The first-order chi connectivity index (χ1) is 11.6. The van der Waals surface area contributed by atoms with E-state index in [1.54, 1.807) is 11.9 Å². The third-order valence-electron chi connectivity index (χ3n) is 3.60. The van der Waals surface area contributed by atoms with E-state index in [1.807, 2.05) is 30.3 Å². The van der Waals surface area contributed by atoms with Gasteiger partial charge >= 0.3 is 11.9 Å². The highest BCUT2D eigenvalue weighted by atomic mass is 16.8. The first-order valence-electron chi connectivity index (χ1n) is 7.13. The Balaban J connectivity index is 1.63. The molecule has 1 saturated heterocycles. The second-order valence-corrected chi connectivity index (χ2v) is 5.33. The van der Waals surface area contributed by atoms with Crippen molar-refractivity contribution >= 4 is 17.5 Å². The van der Waals surface area contributed by atoms with Gasteiger partial charge in [0.15, 0.2) is 0 Å². The van der Waals surface area contributed by atoms with Crippen LogP contribution >= 0.6 is 0 Å². The van der Waals surface area contributed by atoms with E-state index in [4.69, 9.17) is 14.1 Å². The van der Waals surface area contributed by atoms with Crippen LogP contribution in [0.4, 0.5) is 0 Å². The molecule has 0 spiro atoms. The molecule has 2 aliphatic rings. The lowest BCUT2D eigenvalue weighted by molar-refractivity contribution is -0.277. The fourth-order valence-corrected chi connectivity index (χ4v) is 2.47. The number of hydroxylamine groups is 2. The number of hydrogen-bond donors (Lipinski definition) is 0. The standard InChI is InChI=1S/C15H12N4O5/c1-18-7-10(8-19-15(18)22-13(20)14(21)24-19)11-16-12(23-17-11)9-5-3-2-4-6-9/h2-6,8,15H,7H2,1H3. The monoisotopic (exact) mass is 328 g/mol. The Bertz CT molecular complexity index is 831. The van der Waals surface area contributed by atoms with Gasteiger partial charge in [-0.05, 0) is 19.2 Å². The van der Waals surface area contributed by atoms with Gasteiger partial charge < -0.3 is 14.1 Å². The Kier molecular flexibility index (Phi) is 3.28. The summed E-state index contributed by atoms with van der Waals surface area (Å²) in [6.07, 6.45) is 0.716. The van der Waals surface area contributed by atoms with E-state index in [-0.39, 0.29) is 0 Å². The van der Waals surface area contributed by atoms with Crippen LogP contribution in [0.2, 0.25) is 0 Å². The number of nitrogens with zero attached hydrogens (tertiary/aromatic N) is 4. The van der Waals surface area contributed by atoms with Gasteiger partial charge in [0.1, 0.15) is 0 Å². The molecule has 1 aromatic heterocycles. The topological polar surface area (TPSA) is 98.0 Å². The fourth-order valence-electron chi connectivity index (χ4n) is 2.47. The second kappa shape index (κ2) is 5.46. The van der Waals surface area contributed by atoms with E-state index >= 15 is 0 Å². The SMILES string of the molecule is CN1CC(c2noc(-c3ccccc3)n2)=CN2OC(=O)C(=O)OC12. The van der Waals surface area contributed by atoms with Crippen molar-refractivity contribution in [3.05, 3.63) is 42.4 Å². The fraction of sp³-hybridized carbons (Fsp3) is 0.200. The van der Waals surface area contributed by atoms with Gasteiger partial charge in [0.25, 0.3) is 12.2 Å². The van der Waals surface area contributed by atoms with Crippen molar-refractivity contribution in [1.82, 2.24) is 20.1 Å². The van der Waals surface area contributed by atoms with Crippen LogP contribution in [0.5, 0.6) is 0 Å². The van der Waals surface area contributed by atoms with E-state index in [9.17, 15) is 9.59 Å². The maximum atomic E-state index is 11.4. The van der Waals surface area contributed by atoms with Crippen LogP contribution in [-0.2, 0) is 19.2 Å². The predicted molar refractivity (Wildman–Crippen MR) is 78.2 cm³/mol. The number of benzene rings is 1. The largest absolute Gasteiger partial charge is 0.441 e. The summed E-state index contributed by atoms with van der Waals surface area (Å²) in [6, 6.07) is 9.37. The summed E-state index contributed by atoms with van der Waals surface area (Å²) in [4.78, 5) is 33.6. The van der Waals surface area contributed by atoms with Gasteiger partial charge in [-0.15, -0.1) is 0 Å². The molecular formula is C15H12N4O5. The third-order valence-corrected chi connectivity index (χ3v) is 3.60. The van der Waals surface area contributed by atoms with Gasteiger partial charge in [-0.2, -0.15) is 10.0 Å². The molecule has 4 rings (SSSR count). The lowest BCUT2D eigenvalue weighted by Gasteiger charge is -2.40. The van der Waals surface area contributed by atoms with Gasteiger partial charge in [-0.1, -0.05) is 23.4 Å². The van der Waals surface area contributed by atoms with Crippen LogP contribution in [0, 0.1) is 0 Å². The first kappa shape index (κ1) is 14.4. The molecule has 122 valence electrons. The summed E-state index contributed by atoms with van der Waals surface area (Å²) in [5.74, 6) is -1.34. The molecule has 0 amide bonds. The average Bonchev–Trinajstić information content (AvgIpc) is 3.07. The Morgan fingerprint density at radius 3 is 2.75 bits per heavy atom. The number of esters is 1. The van der Waals surface area contributed by atoms with Crippen molar-refractivity contribution in [1.29, 1.82) is 0 Å². The normalized spacial score (nSPS) is 21.0. The van der Waals surface area contributed by atoms with Crippen molar-refractivity contribution in [3.63, 3.8) is 0 Å². The molecule has 2 aliphatic heterocycles. The molecule has 1 aromatic carbocycles. The number of rotatable bonds is 2. The minimum absolute atomic E-state index is 0.368. The number of carbonyl (C=O) groups excluding carboxylic acids is 2. The Morgan fingerprint density at radius 2 is 1.96 bits per heavy atom.